The number of hydrogen-bond donors (Lipinski definition) is 2. The van der Waals surface area contributed by atoms with Crippen molar-refractivity contribution < 1.29 is 39.9 Å². The zero-order valence-electron chi connectivity index (χ0n) is 8.45. The Morgan fingerprint density at radius 1 is 1.00 bits per heavy atom. The topological polar surface area (TPSA) is 69.1 Å². The molecule has 11 heteroatoms. The van der Waals surface area contributed by atoms with Gasteiger partial charge in [0.05, 0.1) is 6.04 Å². The third-order valence-electron chi connectivity index (χ3n) is 2.00. The molecule has 0 bridgehead atoms. The predicted octanol–water partition coefficient (Wildman–Crippen LogP) is 1.36. The summed E-state index contributed by atoms with van der Waals surface area (Å²) in [5.41, 5.74) is 8.80. The SMILES string of the molecule is NC(=O)CC(N)C(F)(F)C(F)(F)C(F)(F)C(F)F. The Morgan fingerprint density at radius 2 is 1.39 bits per heavy atom. The van der Waals surface area contributed by atoms with E-state index >= 15 is 0 Å². The maximum absolute atomic E-state index is 12.9. The zero-order valence-corrected chi connectivity index (χ0v) is 8.45. The number of alkyl halides is 8. The summed E-state index contributed by atoms with van der Waals surface area (Å²) in [6.07, 6.45) is -6.60. The number of carbonyl (C=O) groups is 1. The van der Waals surface area contributed by atoms with Gasteiger partial charge in [0.15, 0.2) is 0 Å². The lowest BCUT2D eigenvalue weighted by Gasteiger charge is -2.34. The van der Waals surface area contributed by atoms with Gasteiger partial charge in [-0.3, -0.25) is 4.79 Å². The van der Waals surface area contributed by atoms with Crippen LogP contribution >= 0.6 is 0 Å². The van der Waals surface area contributed by atoms with E-state index < -0.39 is 42.6 Å². The minimum atomic E-state index is -6.43. The van der Waals surface area contributed by atoms with Crippen molar-refractivity contribution in [2.75, 3.05) is 0 Å². The van der Waals surface area contributed by atoms with Crippen LogP contribution in [0.2, 0.25) is 0 Å². The molecule has 0 aliphatic rings. The highest BCUT2D eigenvalue weighted by Gasteiger charge is 2.76. The summed E-state index contributed by atoms with van der Waals surface area (Å²) in [6.45, 7) is 0. The van der Waals surface area contributed by atoms with Gasteiger partial charge < -0.3 is 11.5 Å². The van der Waals surface area contributed by atoms with Crippen molar-refractivity contribution in [3.05, 3.63) is 0 Å². The largest absolute Gasteiger partial charge is 0.379 e. The van der Waals surface area contributed by atoms with E-state index in [0.717, 1.165) is 0 Å². The molecule has 4 N–H and O–H groups in total. The molecule has 1 atom stereocenters. The minimum absolute atomic E-state index is 1.57. The van der Waals surface area contributed by atoms with Crippen molar-refractivity contribution in [1.29, 1.82) is 0 Å². The van der Waals surface area contributed by atoms with Crippen LogP contribution in [0, 0.1) is 0 Å². The van der Waals surface area contributed by atoms with Crippen LogP contribution in [0.15, 0.2) is 0 Å². The first-order valence-corrected chi connectivity index (χ1v) is 4.24. The first-order chi connectivity index (χ1) is 7.78. The molecule has 0 aromatic carbocycles. The molecule has 0 rings (SSSR count). The van der Waals surface area contributed by atoms with Gasteiger partial charge in [0.25, 0.3) is 0 Å². The van der Waals surface area contributed by atoms with Crippen LogP contribution in [0.4, 0.5) is 35.1 Å². The molecule has 0 aliphatic carbocycles. The molecular formula is C7H8F8N2O. The number of carbonyl (C=O) groups excluding carboxylic acids is 1. The molecule has 0 aromatic heterocycles. The van der Waals surface area contributed by atoms with Gasteiger partial charge >= 0.3 is 24.2 Å². The average molecular weight is 288 g/mol. The molecule has 108 valence electrons. The number of amides is 1. The summed E-state index contributed by atoms with van der Waals surface area (Å²) in [5, 5.41) is 0. The number of primary amides is 1. The van der Waals surface area contributed by atoms with Crippen LogP contribution in [0.25, 0.3) is 0 Å². The third kappa shape index (κ3) is 2.65. The van der Waals surface area contributed by atoms with Crippen molar-refractivity contribution in [3.8, 4) is 0 Å². The third-order valence-corrected chi connectivity index (χ3v) is 2.00. The Balaban J connectivity index is 5.37. The molecular weight excluding hydrogens is 280 g/mol. The van der Waals surface area contributed by atoms with Crippen LogP contribution in [-0.2, 0) is 4.79 Å². The number of nitrogens with two attached hydrogens (primary N) is 2. The quantitative estimate of drug-likeness (QED) is 0.725. The fourth-order valence-electron chi connectivity index (χ4n) is 0.937. The van der Waals surface area contributed by atoms with Crippen LogP contribution in [0.5, 0.6) is 0 Å². The average Bonchev–Trinajstić information content (AvgIpc) is 2.15. The van der Waals surface area contributed by atoms with Gasteiger partial charge in [-0.15, -0.1) is 0 Å². The highest BCUT2D eigenvalue weighted by molar-refractivity contribution is 5.74. The van der Waals surface area contributed by atoms with E-state index in [1.165, 1.54) is 0 Å². The first-order valence-electron chi connectivity index (χ1n) is 4.24. The number of rotatable bonds is 6. The number of halogens is 8. The molecule has 1 unspecified atom stereocenters. The van der Waals surface area contributed by atoms with Gasteiger partial charge in [-0.2, -0.15) is 26.3 Å². The van der Waals surface area contributed by atoms with E-state index in [-0.39, 0.29) is 0 Å². The monoisotopic (exact) mass is 288 g/mol. The van der Waals surface area contributed by atoms with E-state index in [4.69, 9.17) is 0 Å². The van der Waals surface area contributed by atoms with Gasteiger partial charge in [-0.1, -0.05) is 0 Å². The molecule has 3 nitrogen and oxygen atoms in total. The standard InChI is InChI=1S/C7H8F8N2O/c8-4(9)6(12,13)7(14,15)5(10,11)2(16)1-3(17)18/h2,4H,1,16H2,(H2,17,18). The Morgan fingerprint density at radius 3 is 1.67 bits per heavy atom. The smallest absolute Gasteiger partial charge is 0.370 e. The molecule has 0 spiro atoms. The first kappa shape index (κ1) is 16.9. The highest BCUT2D eigenvalue weighted by Crippen LogP contribution is 2.49. The molecule has 0 radical (unpaired) electrons. The summed E-state index contributed by atoms with van der Waals surface area (Å²) < 4.78 is 99.3. The fourth-order valence-corrected chi connectivity index (χ4v) is 0.937. The summed E-state index contributed by atoms with van der Waals surface area (Å²) >= 11 is 0. The van der Waals surface area contributed by atoms with Crippen molar-refractivity contribution >= 4 is 5.91 Å². The zero-order chi connectivity index (χ0) is 14.9. The minimum Gasteiger partial charge on any atom is -0.370 e. The van der Waals surface area contributed by atoms with Gasteiger partial charge in [-0.05, 0) is 0 Å². The highest BCUT2D eigenvalue weighted by atomic mass is 19.4. The molecule has 0 fully saturated rings. The van der Waals surface area contributed by atoms with Gasteiger partial charge in [0.2, 0.25) is 5.91 Å². The Kier molecular flexibility index (Phi) is 4.56. The van der Waals surface area contributed by atoms with Crippen molar-refractivity contribution in [2.45, 2.75) is 36.7 Å². The fraction of sp³-hybridized carbons (Fsp3) is 0.857. The lowest BCUT2D eigenvalue weighted by molar-refractivity contribution is -0.342. The normalized spacial score (nSPS) is 15.9. The maximum atomic E-state index is 12.9. The number of hydrogen-bond acceptors (Lipinski definition) is 2. The molecule has 0 aliphatic heterocycles. The van der Waals surface area contributed by atoms with E-state index in [9.17, 15) is 39.9 Å². The van der Waals surface area contributed by atoms with E-state index in [2.05, 4.69) is 11.5 Å². The van der Waals surface area contributed by atoms with E-state index in [0.29, 0.717) is 0 Å². The molecule has 18 heavy (non-hydrogen) atoms. The molecule has 0 saturated carbocycles. The Labute approximate surface area is 95.1 Å². The summed E-state index contributed by atoms with van der Waals surface area (Å²) in [4.78, 5) is 10.2. The van der Waals surface area contributed by atoms with E-state index in [1.807, 2.05) is 0 Å². The summed E-state index contributed by atoms with van der Waals surface area (Å²) in [6, 6.07) is -3.12. The Bertz CT molecular complexity index is 319. The van der Waals surface area contributed by atoms with Gasteiger partial charge in [0.1, 0.15) is 0 Å². The van der Waals surface area contributed by atoms with Crippen LogP contribution < -0.4 is 11.5 Å². The van der Waals surface area contributed by atoms with Crippen LogP contribution in [0.3, 0.4) is 0 Å². The lowest BCUT2D eigenvalue weighted by atomic mass is 9.96. The second kappa shape index (κ2) is 4.86. The van der Waals surface area contributed by atoms with Crippen LogP contribution in [-0.4, -0.2) is 36.1 Å². The Hall–Kier alpha value is -1.13. The molecule has 1 amide bonds. The van der Waals surface area contributed by atoms with Crippen molar-refractivity contribution in [1.82, 2.24) is 0 Å². The van der Waals surface area contributed by atoms with Crippen molar-refractivity contribution in [3.63, 3.8) is 0 Å². The van der Waals surface area contributed by atoms with E-state index in [1.54, 1.807) is 0 Å². The predicted molar refractivity (Wildman–Crippen MR) is 42.6 cm³/mol. The molecule has 0 heterocycles. The second-order valence-corrected chi connectivity index (χ2v) is 3.40. The molecule has 0 saturated heterocycles. The van der Waals surface area contributed by atoms with Crippen molar-refractivity contribution in [2.24, 2.45) is 11.5 Å². The van der Waals surface area contributed by atoms with Gasteiger partial charge in [-0.25, -0.2) is 8.78 Å². The maximum Gasteiger partial charge on any atom is 0.379 e. The van der Waals surface area contributed by atoms with Crippen LogP contribution in [0.1, 0.15) is 6.42 Å². The van der Waals surface area contributed by atoms with Gasteiger partial charge in [0, 0.05) is 6.42 Å². The summed E-state index contributed by atoms with van der Waals surface area (Å²) in [5.74, 6) is -20.0. The lowest BCUT2D eigenvalue weighted by Crippen LogP contribution is -2.64. The summed E-state index contributed by atoms with van der Waals surface area (Å²) in [7, 11) is 0. The second-order valence-electron chi connectivity index (χ2n) is 3.40. The molecule has 0 aromatic rings.